The molecule has 0 unspecified atom stereocenters. The lowest BCUT2D eigenvalue weighted by molar-refractivity contribution is 0.0949. The smallest absolute Gasteiger partial charge is 0.259 e. The van der Waals surface area contributed by atoms with E-state index in [1.54, 1.807) is 28.9 Å². The summed E-state index contributed by atoms with van der Waals surface area (Å²) < 4.78 is 1.77. The number of rotatable bonds is 5. The number of carbonyl (C=O) groups excluding carboxylic acids is 2. The summed E-state index contributed by atoms with van der Waals surface area (Å²) in [6.45, 7) is 3.70. The predicted molar refractivity (Wildman–Crippen MR) is 108 cm³/mol. The van der Waals surface area contributed by atoms with Crippen LogP contribution in [0.2, 0.25) is 0 Å². The van der Waals surface area contributed by atoms with Crippen LogP contribution in [0.15, 0.2) is 54.6 Å². The van der Waals surface area contributed by atoms with Crippen molar-refractivity contribution in [2.45, 2.75) is 32.7 Å². The third kappa shape index (κ3) is 3.67. The fourth-order valence-corrected chi connectivity index (χ4v) is 3.22. The van der Waals surface area contributed by atoms with E-state index < -0.39 is 0 Å². The Morgan fingerprint density at radius 3 is 2.46 bits per heavy atom. The molecule has 1 heterocycles. The fourth-order valence-electron chi connectivity index (χ4n) is 3.22. The van der Waals surface area contributed by atoms with Gasteiger partial charge in [-0.25, -0.2) is 4.68 Å². The summed E-state index contributed by atoms with van der Waals surface area (Å²) in [5.41, 5.74) is 3.99. The van der Waals surface area contributed by atoms with Gasteiger partial charge in [0.15, 0.2) is 0 Å². The fraction of sp³-hybridized carbons (Fsp3) is 0.227. The molecular formula is C22H22N4O2. The number of anilines is 1. The second-order valence-electron chi connectivity index (χ2n) is 7.08. The van der Waals surface area contributed by atoms with E-state index in [2.05, 4.69) is 15.7 Å². The molecule has 1 aliphatic carbocycles. The molecule has 0 radical (unpaired) electrons. The largest absolute Gasteiger partial charge is 0.349 e. The van der Waals surface area contributed by atoms with Crippen LogP contribution in [0, 0.1) is 13.8 Å². The van der Waals surface area contributed by atoms with Gasteiger partial charge < -0.3 is 10.6 Å². The van der Waals surface area contributed by atoms with Gasteiger partial charge in [0.05, 0.1) is 22.6 Å². The minimum atomic E-state index is -0.239. The molecule has 4 rings (SSSR count). The Morgan fingerprint density at radius 2 is 1.75 bits per heavy atom. The summed E-state index contributed by atoms with van der Waals surface area (Å²) in [4.78, 5) is 25.1. The molecule has 2 amide bonds. The SMILES string of the molecule is Cc1nn(-c2ccccc2)c(C)c1C(=O)Nc1cccc(C(=O)NC2CC2)c1. The second kappa shape index (κ2) is 7.31. The molecule has 2 N–H and O–H groups in total. The average molecular weight is 374 g/mol. The van der Waals surface area contributed by atoms with Crippen LogP contribution in [0.3, 0.4) is 0 Å². The number of aryl methyl sites for hydroxylation is 1. The molecular weight excluding hydrogens is 352 g/mol. The van der Waals surface area contributed by atoms with Crippen LogP contribution in [0.4, 0.5) is 5.69 Å². The van der Waals surface area contributed by atoms with Gasteiger partial charge in [-0.15, -0.1) is 0 Å². The lowest BCUT2D eigenvalue weighted by atomic mass is 10.1. The van der Waals surface area contributed by atoms with Crippen LogP contribution >= 0.6 is 0 Å². The van der Waals surface area contributed by atoms with Crippen molar-refractivity contribution in [1.29, 1.82) is 0 Å². The van der Waals surface area contributed by atoms with Crippen molar-refractivity contribution in [3.63, 3.8) is 0 Å². The number of nitrogens with one attached hydrogen (secondary N) is 2. The molecule has 2 aromatic carbocycles. The number of benzene rings is 2. The first-order valence-corrected chi connectivity index (χ1v) is 9.37. The van der Waals surface area contributed by atoms with Gasteiger partial charge in [0, 0.05) is 17.3 Å². The summed E-state index contributed by atoms with van der Waals surface area (Å²) in [6, 6.07) is 17.0. The Labute approximate surface area is 163 Å². The quantitative estimate of drug-likeness (QED) is 0.716. The maximum absolute atomic E-state index is 12.9. The van der Waals surface area contributed by atoms with Gasteiger partial charge in [0.1, 0.15) is 0 Å². The predicted octanol–water partition coefficient (Wildman–Crippen LogP) is 3.63. The highest BCUT2D eigenvalue weighted by Crippen LogP contribution is 2.21. The standard InChI is InChI=1S/C22H22N4O2/c1-14-20(15(2)26(25-14)19-9-4-3-5-10-19)22(28)24-18-8-6-7-16(13-18)21(27)23-17-11-12-17/h3-10,13,17H,11-12H2,1-2H3,(H,23,27)(H,24,28). The Kier molecular flexibility index (Phi) is 4.69. The molecule has 142 valence electrons. The van der Waals surface area contributed by atoms with E-state index in [1.807, 2.05) is 44.2 Å². The molecule has 0 spiro atoms. The summed E-state index contributed by atoms with van der Waals surface area (Å²) in [5, 5.41) is 10.4. The Hall–Kier alpha value is -3.41. The zero-order valence-corrected chi connectivity index (χ0v) is 15.9. The van der Waals surface area contributed by atoms with Crippen molar-refractivity contribution in [1.82, 2.24) is 15.1 Å². The van der Waals surface area contributed by atoms with Gasteiger partial charge in [0.25, 0.3) is 11.8 Å². The highest BCUT2D eigenvalue weighted by Gasteiger charge is 2.24. The van der Waals surface area contributed by atoms with Gasteiger partial charge in [-0.2, -0.15) is 5.10 Å². The number of carbonyl (C=O) groups is 2. The van der Waals surface area contributed by atoms with E-state index in [9.17, 15) is 9.59 Å². The van der Waals surface area contributed by atoms with Crippen molar-refractivity contribution in [2.24, 2.45) is 0 Å². The molecule has 0 atom stereocenters. The lowest BCUT2D eigenvalue weighted by Gasteiger charge is -2.09. The molecule has 3 aromatic rings. The topological polar surface area (TPSA) is 76.0 Å². The number of hydrogen-bond acceptors (Lipinski definition) is 3. The monoisotopic (exact) mass is 374 g/mol. The van der Waals surface area contributed by atoms with Crippen LogP contribution in [0.1, 0.15) is 44.9 Å². The summed E-state index contributed by atoms with van der Waals surface area (Å²) >= 11 is 0. The first-order chi connectivity index (χ1) is 13.5. The Balaban J connectivity index is 1.56. The maximum Gasteiger partial charge on any atom is 0.259 e. The Bertz CT molecular complexity index is 1040. The third-order valence-electron chi connectivity index (χ3n) is 4.81. The van der Waals surface area contributed by atoms with Crippen LogP contribution in [-0.4, -0.2) is 27.6 Å². The average Bonchev–Trinajstić information content (AvgIpc) is 3.45. The lowest BCUT2D eigenvalue weighted by Crippen LogP contribution is -2.25. The van der Waals surface area contributed by atoms with E-state index in [0.717, 1.165) is 24.2 Å². The molecule has 1 fully saturated rings. The molecule has 6 nitrogen and oxygen atoms in total. The van der Waals surface area contributed by atoms with E-state index in [0.29, 0.717) is 28.6 Å². The van der Waals surface area contributed by atoms with Crippen molar-refractivity contribution in [2.75, 3.05) is 5.32 Å². The zero-order valence-electron chi connectivity index (χ0n) is 15.9. The van der Waals surface area contributed by atoms with Crippen molar-refractivity contribution >= 4 is 17.5 Å². The molecule has 1 aliphatic rings. The van der Waals surface area contributed by atoms with Crippen molar-refractivity contribution < 1.29 is 9.59 Å². The number of aromatic nitrogens is 2. The summed E-state index contributed by atoms with van der Waals surface area (Å²) in [5.74, 6) is -0.347. The maximum atomic E-state index is 12.9. The molecule has 1 saturated carbocycles. The highest BCUT2D eigenvalue weighted by molar-refractivity contribution is 6.06. The van der Waals surface area contributed by atoms with Crippen LogP contribution in [0.5, 0.6) is 0 Å². The van der Waals surface area contributed by atoms with Crippen LogP contribution in [0.25, 0.3) is 5.69 Å². The molecule has 1 aromatic heterocycles. The third-order valence-corrected chi connectivity index (χ3v) is 4.81. The highest BCUT2D eigenvalue weighted by atomic mass is 16.2. The van der Waals surface area contributed by atoms with Gasteiger partial charge in [-0.3, -0.25) is 9.59 Å². The van der Waals surface area contributed by atoms with Gasteiger partial charge >= 0.3 is 0 Å². The molecule has 0 saturated heterocycles. The minimum Gasteiger partial charge on any atom is -0.349 e. The molecule has 6 heteroatoms. The zero-order chi connectivity index (χ0) is 19.7. The summed E-state index contributed by atoms with van der Waals surface area (Å²) in [6.07, 6.45) is 2.07. The first kappa shape index (κ1) is 18.0. The van der Waals surface area contributed by atoms with Gasteiger partial charge in [0.2, 0.25) is 0 Å². The second-order valence-corrected chi connectivity index (χ2v) is 7.08. The summed E-state index contributed by atoms with van der Waals surface area (Å²) in [7, 11) is 0. The number of amides is 2. The van der Waals surface area contributed by atoms with E-state index in [-0.39, 0.29) is 11.8 Å². The normalized spacial score (nSPS) is 13.2. The van der Waals surface area contributed by atoms with Gasteiger partial charge in [-0.1, -0.05) is 24.3 Å². The van der Waals surface area contributed by atoms with Crippen molar-refractivity contribution in [3.8, 4) is 5.69 Å². The molecule has 28 heavy (non-hydrogen) atoms. The van der Waals surface area contributed by atoms with Gasteiger partial charge in [-0.05, 0) is 57.0 Å². The van der Waals surface area contributed by atoms with E-state index in [4.69, 9.17) is 0 Å². The number of nitrogens with zero attached hydrogens (tertiary/aromatic N) is 2. The van der Waals surface area contributed by atoms with Crippen molar-refractivity contribution in [3.05, 3.63) is 77.1 Å². The number of hydrogen-bond donors (Lipinski definition) is 2. The van der Waals surface area contributed by atoms with E-state index >= 15 is 0 Å². The van der Waals surface area contributed by atoms with Crippen LogP contribution < -0.4 is 10.6 Å². The van der Waals surface area contributed by atoms with E-state index in [1.165, 1.54) is 0 Å². The molecule has 0 aliphatic heterocycles. The molecule has 0 bridgehead atoms. The Morgan fingerprint density at radius 1 is 1.00 bits per heavy atom. The number of para-hydroxylation sites is 1. The minimum absolute atomic E-state index is 0.108. The van der Waals surface area contributed by atoms with Crippen LogP contribution in [-0.2, 0) is 0 Å². The first-order valence-electron chi connectivity index (χ1n) is 9.37.